The van der Waals surface area contributed by atoms with Gasteiger partial charge in [0.15, 0.2) is 0 Å². The van der Waals surface area contributed by atoms with Crippen LogP contribution in [0.25, 0.3) is 0 Å². The summed E-state index contributed by atoms with van der Waals surface area (Å²) in [5.74, 6) is 0. The van der Waals surface area contributed by atoms with Gasteiger partial charge in [-0.2, -0.15) is 4.31 Å². The Morgan fingerprint density at radius 1 is 1.12 bits per heavy atom. The molecule has 0 aromatic rings. The Labute approximate surface area is 97.5 Å². The maximum atomic E-state index is 12.1. The van der Waals surface area contributed by atoms with E-state index in [0.717, 1.165) is 10.6 Å². The summed E-state index contributed by atoms with van der Waals surface area (Å²) in [5.41, 5.74) is 0. The Balaban J connectivity index is 4.79. The first-order chi connectivity index (χ1) is 7.29. The maximum Gasteiger partial charge on any atom is 0.345 e. The highest BCUT2D eigenvalue weighted by atomic mass is 32.2. The number of hydrogen-bond acceptors (Lipinski definition) is 5. The van der Waals surface area contributed by atoms with E-state index in [1.165, 1.54) is 0 Å². The molecular weight excluding hydrogens is 253 g/mol. The summed E-state index contributed by atoms with van der Waals surface area (Å²) < 4.78 is 45.9. The molecule has 0 aliphatic heterocycles. The van der Waals surface area contributed by atoms with Gasteiger partial charge in [-0.3, -0.25) is 4.57 Å². The Hall–Kier alpha value is 0.0600. The van der Waals surface area contributed by atoms with Crippen molar-refractivity contribution in [3.63, 3.8) is 0 Å². The van der Waals surface area contributed by atoms with Crippen molar-refractivity contribution in [2.75, 3.05) is 32.3 Å². The minimum Gasteiger partial charge on any atom is -0.308 e. The molecule has 98 valence electrons. The number of rotatable bonds is 8. The van der Waals surface area contributed by atoms with Crippen LogP contribution in [0.15, 0.2) is 0 Å². The van der Waals surface area contributed by atoms with Gasteiger partial charge in [0.1, 0.15) is 6.29 Å². The third kappa shape index (κ3) is 5.41. The molecule has 0 aromatic heterocycles. The largest absolute Gasteiger partial charge is 0.345 e. The molecule has 0 aliphatic carbocycles. The van der Waals surface area contributed by atoms with Gasteiger partial charge in [-0.05, 0) is 13.8 Å². The van der Waals surface area contributed by atoms with Gasteiger partial charge in [0.05, 0.1) is 19.5 Å². The summed E-state index contributed by atoms with van der Waals surface area (Å²) in [7, 11) is -6.73. The lowest BCUT2D eigenvalue weighted by Crippen LogP contribution is -2.31. The molecular formula is C8H20NO5PS. The summed E-state index contributed by atoms with van der Waals surface area (Å²) >= 11 is 0. The predicted octanol–water partition coefficient (Wildman–Crippen LogP) is 1.49. The van der Waals surface area contributed by atoms with E-state index in [0.29, 0.717) is 0 Å². The summed E-state index contributed by atoms with van der Waals surface area (Å²) in [4.78, 5) is 0. The van der Waals surface area contributed by atoms with E-state index in [1.807, 2.05) is 0 Å². The highest BCUT2D eigenvalue weighted by Gasteiger charge is 2.30. The van der Waals surface area contributed by atoms with Crippen molar-refractivity contribution in [1.29, 1.82) is 0 Å². The summed E-state index contributed by atoms with van der Waals surface area (Å²) in [5, 5.41) is 0. The molecule has 0 rings (SSSR count). The summed E-state index contributed by atoms with van der Waals surface area (Å²) in [6.07, 6.45) is 0.836. The lowest BCUT2D eigenvalue weighted by Gasteiger charge is -2.23. The van der Waals surface area contributed by atoms with Crippen molar-refractivity contribution in [1.82, 2.24) is 4.31 Å². The molecule has 0 N–H and O–H groups in total. The Morgan fingerprint density at radius 3 is 1.81 bits per heavy atom. The number of sulfonamides is 1. The Bertz CT molecular complexity index is 332. The van der Waals surface area contributed by atoms with Gasteiger partial charge in [0.2, 0.25) is 10.0 Å². The van der Waals surface area contributed by atoms with Crippen LogP contribution in [-0.2, 0) is 23.6 Å². The molecule has 0 saturated carbocycles. The fourth-order valence-electron chi connectivity index (χ4n) is 1.14. The molecule has 0 radical (unpaired) electrons. The zero-order valence-corrected chi connectivity index (χ0v) is 11.9. The first kappa shape index (κ1) is 16.1. The van der Waals surface area contributed by atoms with Crippen molar-refractivity contribution < 1.29 is 22.0 Å². The van der Waals surface area contributed by atoms with Gasteiger partial charge in [-0.15, -0.1) is 0 Å². The highest BCUT2D eigenvalue weighted by Crippen LogP contribution is 2.48. The van der Waals surface area contributed by atoms with E-state index in [1.54, 1.807) is 20.8 Å². The van der Waals surface area contributed by atoms with Gasteiger partial charge >= 0.3 is 7.60 Å². The maximum absolute atomic E-state index is 12.1. The van der Waals surface area contributed by atoms with E-state index in [-0.39, 0.29) is 26.0 Å². The molecule has 0 saturated heterocycles. The van der Waals surface area contributed by atoms with Crippen molar-refractivity contribution in [2.24, 2.45) is 0 Å². The molecule has 8 heteroatoms. The molecule has 0 heterocycles. The van der Waals surface area contributed by atoms with Crippen molar-refractivity contribution in [3.05, 3.63) is 0 Å². The minimum absolute atomic E-state index is 0.221. The first-order valence-electron chi connectivity index (χ1n) is 5.12. The smallest absolute Gasteiger partial charge is 0.308 e. The number of nitrogens with zero attached hydrogens (tertiary/aromatic N) is 1. The lowest BCUT2D eigenvalue weighted by atomic mass is 10.8. The van der Waals surface area contributed by atoms with Crippen LogP contribution in [0.3, 0.4) is 0 Å². The van der Waals surface area contributed by atoms with Crippen LogP contribution in [0, 0.1) is 0 Å². The first-order valence-corrected chi connectivity index (χ1v) is 8.70. The van der Waals surface area contributed by atoms with E-state index in [4.69, 9.17) is 9.05 Å². The molecule has 0 aliphatic rings. The normalized spacial score (nSPS) is 13.3. The van der Waals surface area contributed by atoms with Crippen LogP contribution in [0.2, 0.25) is 0 Å². The van der Waals surface area contributed by atoms with Crippen LogP contribution < -0.4 is 0 Å². The SMILES string of the molecule is CCOP(=O)(CN(CC)S(C)(=O)=O)OCC. The van der Waals surface area contributed by atoms with Crippen molar-refractivity contribution in [2.45, 2.75) is 20.8 Å². The molecule has 0 bridgehead atoms. The average Bonchev–Trinajstić information content (AvgIpc) is 2.13. The second-order valence-corrected chi connectivity index (χ2v) is 7.12. The second-order valence-electron chi connectivity index (χ2n) is 3.12. The number of hydrogen-bond donors (Lipinski definition) is 0. The fourth-order valence-corrected chi connectivity index (χ4v) is 4.49. The predicted molar refractivity (Wildman–Crippen MR) is 62.9 cm³/mol. The third-order valence-electron chi connectivity index (χ3n) is 1.80. The average molecular weight is 273 g/mol. The minimum atomic E-state index is -3.38. The zero-order chi connectivity index (χ0) is 12.8. The standard InChI is InChI=1S/C8H20NO5PS/c1-5-9(16(4,11)12)8-15(10,13-6-2)14-7-3/h5-8H2,1-4H3. The summed E-state index contributed by atoms with van der Waals surface area (Å²) in [6.45, 7) is 5.72. The quantitative estimate of drug-likeness (QED) is 0.626. The molecule has 0 atom stereocenters. The van der Waals surface area contributed by atoms with Crippen molar-refractivity contribution >= 4 is 17.6 Å². The molecule has 6 nitrogen and oxygen atoms in total. The van der Waals surface area contributed by atoms with Crippen LogP contribution in [0.1, 0.15) is 20.8 Å². The van der Waals surface area contributed by atoms with Crippen LogP contribution >= 0.6 is 7.60 Å². The van der Waals surface area contributed by atoms with E-state index >= 15 is 0 Å². The molecule has 0 amide bonds. The van der Waals surface area contributed by atoms with Gasteiger partial charge in [-0.25, -0.2) is 8.42 Å². The Morgan fingerprint density at radius 2 is 1.56 bits per heavy atom. The van der Waals surface area contributed by atoms with Crippen molar-refractivity contribution in [3.8, 4) is 0 Å². The molecule has 0 fully saturated rings. The van der Waals surface area contributed by atoms with Crippen LogP contribution in [0.5, 0.6) is 0 Å². The Kier molecular flexibility index (Phi) is 6.74. The van der Waals surface area contributed by atoms with E-state index in [9.17, 15) is 13.0 Å². The van der Waals surface area contributed by atoms with E-state index < -0.39 is 17.6 Å². The topological polar surface area (TPSA) is 72.9 Å². The molecule has 0 spiro atoms. The monoisotopic (exact) mass is 273 g/mol. The highest BCUT2D eigenvalue weighted by molar-refractivity contribution is 7.88. The van der Waals surface area contributed by atoms with Crippen LogP contribution in [-0.4, -0.2) is 45.0 Å². The van der Waals surface area contributed by atoms with Crippen LogP contribution in [0.4, 0.5) is 0 Å². The second kappa shape index (κ2) is 6.71. The molecule has 0 unspecified atom stereocenters. The summed E-state index contributed by atoms with van der Waals surface area (Å²) in [6, 6.07) is 0. The molecule has 0 aromatic carbocycles. The third-order valence-corrected chi connectivity index (χ3v) is 5.31. The molecule has 16 heavy (non-hydrogen) atoms. The van der Waals surface area contributed by atoms with Gasteiger partial charge in [0.25, 0.3) is 0 Å². The lowest BCUT2D eigenvalue weighted by molar-refractivity contribution is 0.211. The zero-order valence-electron chi connectivity index (χ0n) is 10.2. The fraction of sp³-hybridized carbons (Fsp3) is 1.00. The van der Waals surface area contributed by atoms with Gasteiger partial charge in [0, 0.05) is 6.54 Å². The van der Waals surface area contributed by atoms with E-state index in [2.05, 4.69) is 0 Å². The van der Waals surface area contributed by atoms with Gasteiger partial charge in [-0.1, -0.05) is 6.92 Å². The van der Waals surface area contributed by atoms with Gasteiger partial charge < -0.3 is 9.05 Å².